The Morgan fingerprint density at radius 1 is 1.11 bits per heavy atom. The first-order valence-corrected chi connectivity index (χ1v) is 8.40. The van der Waals surface area contributed by atoms with E-state index in [0.717, 1.165) is 29.5 Å². The molecule has 1 aromatic heterocycles. The Labute approximate surface area is 120 Å². The third kappa shape index (κ3) is 3.09. The fourth-order valence-corrected chi connectivity index (χ4v) is 3.88. The maximum absolute atomic E-state index is 12.9. The lowest BCUT2D eigenvalue weighted by molar-refractivity contribution is 0.628. The lowest BCUT2D eigenvalue weighted by atomic mass is 10.2. The third-order valence-electron chi connectivity index (χ3n) is 3.12. The number of nitrogens with zero attached hydrogens (tertiary/aromatic N) is 2. The number of anilines is 1. The molecule has 0 amide bonds. The first-order valence-electron chi connectivity index (χ1n) is 6.37. The molecule has 5 heteroatoms. The van der Waals surface area contributed by atoms with E-state index in [4.69, 9.17) is 0 Å². The molecule has 0 atom stereocenters. The number of hydrogen-bond acceptors (Lipinski definition) is 4. The van der Waals surface area contributed by atoms with Crippen LogP contribution in [0.4, 0.5) is 9.52 Å². The van der Waals surface area contributed by atoms with Crippen LogP contribution >= 0.6 is 23.1 Å². The molecule has 2 aromatic rings. The molecule has 19 heavy (non-hydrogen) atoms. The summed E-state index contributed by atoms with van der Waals surface area (Å²) in [5.41, 5.74) is 1.92. The van der Waals surface area contributed by atoms with Gasteiger partial charge in [0.2, 0.25) is 0 Å². The van der Waals surface area contributed by atoms with Crippen molar-refractivity contribution in [3.8, 4) is 11.3 Å². The Balaban J connectivity index is 1.80. The molecule has 0 unspecified atom stereocenters. The van der Waals surface area contributed by atoms with Crippen molar-refractivity contribution in [2.24, 2.45) is 0 Å². The van der Waals surface area contributed by atoms with Gasteiger partial charge in [-0.25, -0.2) is 9.37 Å². The number of halogens is 1. The second-order valence-electron chi connectivity index (χ2n) is 4.48. The minimum Gasteiger partial charge on any atom is -0.347 e. The fraction of sp³-hybridized carbons (Fsp3) is 0.357. The maximum Gasteiger partial charge on any atom is 0.185 e. The fourth-order valence-electron chi connectivity index (χ4n) is 2.10. The van der Waals surface area contributed by atoms with Crippen molar-refractivity contribution in [2.45, 2.75) is 6.42 Å². The van der Waals surface area contributed by atoms with E-state index in [0.29, 0.717) is 0 Å². The molecule has 0 saturated carbocycles. The number of hydrogen-bond donors (Lipinski definition) is 0. The van der Waals surface area contributed by atoms with Crippen molar-refractivity contribution in [1.29, 1.82) is 0 Å². The minimum absolute atomic E-state index is 0.205. The van der Waals surface area contributed by atoms with Crippen LogP contribution in [0.2, 0.25) is 0 Å². The summed E-state index contributed by atoms with van der Waals surface area (Å²) in [6.45, 7) is 2.16. The Morgan fingerprint density at radius 3 is 2.79 bits per heavy atom. The second-order valence-corrected chi connectivity index (χ2v) is 6.54. The van der Waals surface area contributed by atoms with Crippen LogP contribution in [0, 0.1) is 5.82 Å². The standard InChI is InChI=1S/C14H15FN2S2/c15-12-4-2-11(3-5-12)13-10-19-14(16-13)17-6-1-8-18-9-7-17/h2-5,10H,1,6-9H2. The van der Waals surface area contributed by atoms with Gasteiger partial charge in [0, 0.05) is 29.8 Å². The Hall–Kier alpha value is -1.07. The molecular weight excluding hydrogens is 279 g/mol. The molecule has 1 fully saturated rings. The van der Waals surface area contributed by atoms with Crippen LogP contribution < -0.4 is 4.90 Å². The van der Waals surface area contributed by atoms with Crippen molar-refractivity contribution in [3.63, 3.8) is 0 Å². The van der Waals surface area contributed by atoms with Gasteiger partial charge in [0.05, 0.1) is 5.69 Å². The average molecular weight is 294 g/mol. The summed E-state index contributed by atoms with van der Waals surface area (Å²) < 4.78 is 12.9. The van der Waals surface area contributed by atoms with Gasteiger partial charge in [0.1, 0.15) is 5.82 Å². The zero-order chi connectivity index (χ0) is 13.1. The molecule has 1 aliphatic rings. The lowest BCUT2D eigenvalue weighted by Crippen LogP contribution is -2.25. The Kier molecular flexibility index (Phi) is 4.03. The molecule has 0 radical (unpaired) electrons. The van der Waals surface area contributed by atoms with E-state index in [1.165, 1.54) is 30.1 Å². The number of rotatable bonds is 2. The van der Waals surface area contributed by atoms with Gasteiger partial charge < -0.3 is 4.90 Å². The minimum atomic E-state index is -0.205. The number of benzene rings is 1. The molecule has 0 spiro atoms. The van der Waals surface area contributed by atoms with Gasteiger partial charge in [0.15, 0.2) is 5.13 Å². The summed E-state index contributed by atoms with van der Waals surface area (Å²) in [5.74, 6) is 2.21. The highest BCUT2D eigenvalue weighted by atomic mass is 32.2. The van der Waals surface area contributed by atoms with Crippen molar-refractivity contribution in [1.82, 2.24) is 4.98 Å². The highest BCUT2D eigenvalue weighted by Gasteiger charge is 2.14. The van der Waals surface area contributed by atoms with Gasteiger partial charge >= 0.3 is 0 Å². The molecule has 0 aliphatic carbocycles. The van der Waals surface area contributed by atoms with E-state index in [1.807, 2.05) is 11.8 Å². The third-order valence-corrected chi connectivity index (χ3v) is 5.07. The van der Waals surface area contributed by atoms with Crippen LogP contribution in [-0.2, 0) is 0 Å². The molecule has 0 bridgehead atoms. The maximum atomic E-state index is 12.9. The normalized spacial score (nSPS) is 16.4. The molecule has 100 valence electrons. The summed E-state index contributed by atoms with van der Waals surface area (Å²) in [7, 11) is 0. The molecule has 1 aliphatic heterocycles. The molecule has 2 nitrogen and oxygen atoms in total. The number of aromatic nitrogens is 1. The van der Waals surface area contributed by atoms with E-state index in [2.05, 4.69) is 15.3 Å². The van der Waals surface area contributed by atoms with Gasteiger partial charge in [-0.15, -0.1) is 11.3 Å². The SMILES string of the molecule is Fc1ccc(-c2csc(N3CCCSCC3)n2)cc1. The predicted molar refractivity (Wildman–Crippen MR) is 81.7 cm³/mol. The van der Waals surface area contributed by atoms with Gasteiger partial charge in [-0.2, -0.15) is 11.8 Å². The molecule has 1 aromatic carbocycles. The Bertz CT molecular complexity index is 531. The van der Waals surface area contributed by atoms with Crippen molar-refractivity contribution in [2.75, 3.05) is 29.5 Å². The van der Waals surface area contributed by atoms with Crippen LogP contribution in [0.1, 0.15) is 6.42 Å². The van der Waals surface area contributed by atoms with Gasteiger partial charge in [-0.1, -0.05) is 0 Å². The van der Waals surface area contributed by atoms with E-state index >= 15 is 0 Å². The van der Waals surface area contributed by atoms with Crippen LogP contribution in [0.25, 0.3) is 11.3 Å². The smallest absolute Gasteiger partial charge is 0.185 e. The monoisotopic (exact) mass is 294 g/mol. The van der Waals surface area contributed by atoms with Gasteiger partial charge in [0.25, 0.3) is 0 Å². The van der Waals surface area contributed by atoms with Crippen LogP contribution in [-0.4, -0.2) is 29.6 Å². The summed E-state index contributed by atoms with van der Waals surface area (Å²) in [6, 6.07) is 6.53. The predicted octanol–water partition coefficient (Wildman–Crippen LogP) is 3.89. The van der Waals surface area contributed by atoms with Gasteiger partial charge in [-0.3, -0.25) is 0 Å². The Morgan fingerprint density at radius 2 is 1.95 bits per heavy atom. The first kappa shape index (κ1) is 12.9. The largest absolute Gasteiger partial charge is 0.347 e. The summed E-state index contributed by atoms with van der Waals surface area (Å²) in [5, 5.41) is 3.14. The quantitative estimate of drug-likeness (QED) is 0.836. The zero-order valence-corrected chi connectivity index (χ0v) is 12.1. The molecular formula is C14H15FN2S2. The first-order chi connectivity index (χ1) is 9.33. The van der Waals surface area contributed by atoms with E-state index in [-0.39, 0.29) is 5.82 Å². The van der Waals surface area contributed by atoms with Gasteiger partial charge in [-0.05, 0) is 36.4 Å². The molecule has 2 heterocycles. The summed E-state index contributed by atoms with van der Waals surface area (Å²) >= 11 is 3.69. The van der Waals surface area contributed by atoms with Crippen LogP contribution in [0.15, 0.2) is 29.6 Å². The lowest BCUT2D eigenvalue weighted by Gasteiger charge is -2.18. The summed E-state index contributed by atoms with van der Waals surface area (Å²) in [6.07, 6.45) is 1.22. The number of thioether (sulfide) groups is 1. The number of thiazole rings is 1. The zero-order valence-electron chi connectivity index (χ0n) is 10.5. The van der Waals surface area contributed by atoms with E-state index in [9.17, 15) is 4.39 Å². The van der Waals surface area contributed by atoms with Crippen molar-refractivity contribution in [3.05, 3.63) is 35.5 Å². The second kappa shape index (κ2) is 5.92. The molecule has 1 saturated heterocycles. The van der Waals surface area contributed by atoms with Crippen molar-refractivity contribution < 1.29 is 4.39 Å². The van der Waals surface area contributed by atoms with E-state index < -0.39 is 0 Å². The summed E-state index contributed by atoms with van der Waals surface area (Å²) in [4.78, 5) is 7.05. The molecule has 0 N–H and O–H groups in total. The average Bonchev–Trinajstić information content (AvgIpc) is 2.76. The van der Waals surface area contributed by atoms with Crippen LogP contribution in [0.5, 0.6) is 0 Å². The highest BCUT2D eigenvalue weighted by Crippen LogP contribution is 2.28. The highest BCUT2D eigenvalue weighted by molar-refractivity contribution is 7.99. The molecule has 3 rings (SSSR count). The topological polar surface area (TPSA) is 16.1 Å². The van der Waals surface area contributed by atoms with E-state index in [1.54, 1.807) is 23.5 Å². The van der Waals surface area contributed by atoms with Crippen LogP contribution in [0.3, 0.4) is 0 Å². The van der Waals surface area contributed by atoms with Crippen molar-refractivity contribution >= 4 is 28.2 Å².